The smallest absolute Gasteiger partial charge is 0.297 e. The molecule has 6 aromatic rings. The minimum Gasteiger partial charge on any atom is -0.468 e. The van der Waals surface area contributed by atoms with Crippen LogP contribution in [0.15, 0.2) is 77.2 Å². The van der Waals surface area contributed by atoms with Crippen LogP contribution in [0.25, 0.3) is 11.0 Å². The minimum atomic E-state index is -0.130. The predicted molar refractivity (Wildman–Crippen MR) is 305 cm³/mol. The average molecular weight is 943 g/mol. The Hall–Kier alpha value is -4.70. The maximum absolute atomic E-state index is 7.79. The number of hydrogen-bond acceptors (Lipinski definition) is 3. The minimum absolute atomic E-state index is 0.0293. The van der Waals surface area contributed by atoms with Crippen LogP contribution in [-0.4, -0.2) is 6.71 Å². The summed E-state index contributed by atoms with van der Waals surface area (Å²) in [6.07, 6.45) is 8.41. The maximum atomic E-state index is 7.79. The van der Waals surface area contributed by atoms with Gasteiger partial charge in [-0.3, -0.25) is 0 Å². The van der Waals surface area contributed by atoms with E-state index in [4.69, 9.17) is 4.42 Å². The zero-order chi connectivity index (χ0) is 50.9. The predicted octanol–water partition coefficient (Wildman–Crippen LogP) is 16.8. The lowest BCUT2D eigenvalue weighted by Gasteiger charge is -2.47. The molecule has 2 unspecified atom stereocenters. The third kappa shape index (κ3) is 6.72. The Morgan fingerprint density at radius 3 is 1.46 bits per heavy atom. The number of anilines is 6. The standard InChI is InChI=1S/C67H83BN2O/c1-59(2,3)39-28-40(60(4,5)6)30-43(29-39)69-52-36-48-47(64(14,15)24-25-65(48,16)17)35-51(52)68-56-53(69)31-41(61(7,8)9)32-54(56)70(42-20-21-45-46(33-42)63(12,13)23-22-62(45,10)11)57-44-34-49-50(37-55(44)71-58(57)68)67(19)27-26-66(49,18)38-67/h20-21,28-37H,22-27,38H2,1-19H3. The van der Waals surface area contributed by atoms with Gasteiger partial charge in [0.15, 0.2) is 0 Å². The molecule has 6 aliphatic rings. The van der Waals surface area contributed by atoms with Crippen LogP contribution in [0.3, 0.4) is 0 Å². The molecule has 0 amide bonds. The summed E-state index contributed by atoms with van der Waals surface area (Å²) in [5, 5.41) is 1.26. The molecule has 2 atom stereocenters. The summed E-state index contributed by atoms with van der Waals surface area (Å²) in [6, 6.07) is 30.8. The fourth-order valence-corrected chi connectivity index (χ4v) is 14.9. The van der Waals surface area contributed by atoms with E-state index in [-0.39, 0.29) is 55.4 Å². The van der Waals surface area contributed by atoms with Crippen molar-refractivity contribution in [2.24, 2.45) is 0 Å². The SMILES string of the molecule is CC(C)(C)c1cc(N2c3cc4c(cc3B3c5oc6cc7c(cc6c5N(c5ccc6c(c5)C(C)(C)CCC6(C)C)c5cc(C(C)(C)C)cc2c53)C2(C)CCC7(C)C2)C(C)(C)CCC4(C)C)cc(C(C)(C)C)c1. The summed E-state index contributed by atoms with van der Waals surface area (Å²) in [7, 11) is 0. The van der Waals surface area contributed by atoms with Crippen LogP contribution < -0.4 is 26.4 Å². The molecular formula is C67H83BN2O. The van der Waals surface area contributed by atoms with Crippen molar-refractivity contribution < 1.29 is 4.42 Å². The summed E-state index contributed by atoms with van der Waals surface area (Å²) in [5.41, 5.74) is 25.9. The quantitative estimate of drug-likeness (QED) is 0.161. The molecule has 0 saturated heterocycles. The zero-order valence-corrected chi connectivity index (χ0v) is 47.3. The molecule has 12 rings (SSSR count). The van der Waals surface area contributed by atoms with Gasteiger partial charge in [-0.2, -0.15) is 0 Å². The van der Waals surface area contributed by atoms with Crippen molar-refractivity contribution in [2.75, 3.05) is 9.80 Å². The van der Waals surface area contributed by atoms with E-state index in [9.17, 15) is 0 Å². The fourth-order valence-electron chi connectivity index (χ4n) is 14.9. The second-order valence-electron chi connectivity index (χ2n) is 30.3. The second kappa shape index (κ2) is 14.1. The highest BCUT2D eigenvalue weighted by Crippen LogP contribution is 2.62. The zero-order valence-electron chi connectivity index (χ0n) is 47.3. The molecule has 4 aliphatic carbocycles. The molecule has 2 aliphatic heterocycles. The Morgan fingerprint density at radius 1 is 0.437 bits per heavy atom. The highest BCUT2D eigenvalue weighted by atomic mass is 16.3. The van der Waals surface area contributed by atoms with Crippen molar-refractivity contribution in [3.63, 3.8) is 0 Å². The normalized spacial score (nSPS) is 24.1. The van der Waals surface area contributed by atoms with E-state index in [1.54, 1.807) is 5.56 Å². The number of nitrogens with zero attached hydrogens (tertiary/aromatic N) is 2. The van der Waals surface area contributed by atoms with E-state index in [1.165, 1.54) is 127 Å². The lowest BCUT2D eigenvalue weighted by molar-refractivity contribution is 0.332. The first-order valence-corrected chi connectivity index (χ1v) is 27.6. The fraction of sp³-hybridized carbons (Fsp3) is 0.522. The lowest BCUT2D eigenvalue weighted by atomic mass is 9.35. The highest BCUT2D eigenvalue weighted by molar-refractivity contribution is 7.00. The first-order chi connectivity index (χ1) is 32.7. The molecular weight excluding hydrogens is 860 g/mol. The van der Waals surface area contributed by atoms with Gasteiger partial charge in [0.2, 0.25) is 0 Å². The summed E-state index contributed by atoms with van der Waals surface area (Å²) >= 11 is 0. The number of benzene rings is 5. The van der Waals surface area contributed by atoms with Crippen LogP contribution in [0.5, 0.6) is 0 Å². The van der Waals surface area contributed by atoms with E-state index in [0.29, 0.717) is 0 Å². The lowest BCUT2D eigenvalue weighted by Crippen LogP contribution is -2.61. The van der Waals surface area contributed by atoms with Gasteiger partial charge in [0, 0.05) is 33.8 Å². The van der Waals surface area contributed by atoms with E-state index in [0.717, 1.165) is 24.1 Å². The highest BCUT2D eigenvalue weighted by Gasteiger charge is 2.55. The van der Waals surface area contributed by atoms with Gasteiger partial charge in [-0.15, -0.1) is 0 Å². The van der Waals surface area contributed by atoms with Gasteiger partial charge in [0.25, 0.3) is 6.71 Å². The van der Waals surface area contributed by atoms with Crippen molar-refractivity contribution in [1.82, 2.24) is 0 Å². The Balaban J connectivity index is 1.25. The maximum Gasteiger partial charge on any atom is 0.297 e. The number of furan rings is 1. The molecule has 5 aromatic carbocycles. The molecule has 4 heteroatoms. The number of rotatable bonds is 2. The van der Waals surface area contributed by atoms with Crippen LogP contribution in [0, 0.1) is 0 Å². The van der Waals surface area contributed by atoms with Crippen LogP contribution in [0.1, 0.15) is 227 Å². The van der Waals surface area contributed by atoms with Crippen LogP contribution in [0.2, 0.25) is 0 Å². The average Bonchev–Trinajstić information content (AvgIpc) is 3.88. The van der Waals surface area contributed by atoms with Crippen molar-refractivity contribution in [2.45, 2.75) is 225 Å². The van der Waals surface area contributed by atoms with Gasteiger partial charge in [-0.05, 0) is 209 Å². The summed E-state index contributed by atoms with van der Waals surface area (Å²) < 4.78 is 7.79. The van der Waals surface area contributed by atoms with Crippen molar-refractivity contribution in [3.05, 3.63) is 123 Å². The van der Waals surface area contributed by atoms with Gasteiger partial charge >= 0.3 is 0 Å². The Morgan fingerprint density at radius 2 is 0.915 bits per heavy atom. The van der Waals surface area contributed by atoms with Gasteiger partial charge in [-0.1, -0.05) is 150 Å². The van der Waals surface area contributed by atoms with E-state index >= 15 is 0 Å². The van der Waals surface area contributed by atoms with Gasteiger partial charge in [0.1, 0.15) is 5.58 Å². The Kier molecular flexibility index (Phi) is 9.41. The largest absolute Gasteiger partial charge is 0.468 e. The monoisotopic (exact) mass is 943 g/mol. The molecule has 0 N–H and O–H groups in total. The summed E-state index contributed by atoms with van der Waals surface area (Å²) in [4.78, 5) is 5.43. The molecule has 370 valence electrons. The van der Waals surface area contributed by atoms with Crippen molar-refractivity contribution >= 4 is 68.4 Å². The third-order valence-corrected chi connectivity index (χ3v) is 20.0. The van der Waals surface area contributed by atoms with Gasteiger partial charge in [-0.25, -0.2) is 0 Å². The van der Waals surface area contributed by atoms with Crippen LogP contribution in [0.4, 0.5) is 34.1 Å². The van der Waals surface area contributed by atoms with E-state index < -0.39 is 0 Å². The van der Waals surface area contributed by atoms with E-state index in [1.807, 2.05) is 0 Å². The number of hydrogen-bond donors (Lipinski definition) is 0. The van der Waals surface area contributed by atoms with Crippen molar-refractivity contribution in [3.8, 4) is 0 Å². The first-order valence-electron chi connectivity index (χ1n) is 27.6. The molecule has 1 fully saturated rings. The van der Waals surface area contributed by atoms with Crippen LogP contribution >= 0.6 is 0 Å². The van der Waals surface area contributed by atoms with Crippen molar-refractivity contribution in [1.29, 1.82) is 0 Å². The molecule has 2 bridgehead atoms. The molecule has 1 aromatic heterocycles. The van der Waals surface area contributed by atoms with Crippen LogP contribution in [-0.2, 0) is 48.7 Å². The molecule has 1 saturated carbocycles. The molecule has 0 spiro atoms. The summed E-state index contributed by atoms with van der Waals surface area (Å²) in [5.74, 6) is 0. The topological polar surface area (TPSA) is 19.6 Å². The molecule has 3 heterocycles. The molecule has 0 radical (unpaired) electrons. The molecule has 71 heavy (non-hydrogen) atoms. The Bertz CT molecular complexity index is 3260. The second-order valence-corrected chi connectivity index (χ2v) is 30.3. The van der Waals surface area contributed by atoms with Gasteiger partial charge in [0.05, 0.1) is 11.3 Å². The Labute approximate surface area is 428 Å². The first kappa shape index (κ1) is 47.3. The summed E-state index contributed by atoms with van der Waals surface area (Å²) in [6.45, 7) is 46.3. The third-order valence-electron chi connectivity index (χ3n) is 20.0. The number of fused-ring (bicyclic) bond motifs is 13. The van der Waals surface area contributed by atoms with Gasteiger partial charge < -0.3 is 14.2 Å². The molecule has 3 nitrogen and oxygen atoms in total. The van der Waals surface area contributed by atoms with E-state index in [2.05, 4.69) is 214 Å².